The van der Waals surface area contributed by atoms with Crippen LogP contribution in [0, 0.1) is 5.92 Å². The Morgan fingerprint density at radius 1 is 1.47 bits per heavy atom. The molecule has 2 amide bonds. The first-order chi connectivity index (χ1) is 7.19. The molecule has 2 N–H and O–H groups in total. The summed E-state index contributed by atoms with van der Waals surface area (Å²) in [5.74, 6) is 0.763. The minimum Gasteiger partial charge on any atom is -0.329 e. The van der Waals surface area contributed by atoms with Crippen LogP contribution in [0.2, 0.25) is 0 Å². The average molecular weight is 213 g/mol. The largest absolute Gasteiger partial charge is 0.329 e. The van der Waals surface area contributed by atoms with Crippen LogP contribution in [-0.2, 0) is 0 Å². The molecule has 4 nitrogen and oxygen atoms in total. The van der Waals surface area contributed by atoms with Gasteiger partial charge in [-0.2, -0.15) is 0 Å². The summed E-state index contributed by atoms with van der Waals surface area (Å²) in [6.07, 6.45) is 2.26. The molecule has 1 aliphatic heterocycles. The molecule has 0 saturated carbocycles. The quantitative estimate of drug-likeness (QED) is 0.763. The van der Waals surface area contributed by atoms with E-state index in [0.717, 1.165) is 38.4 Å². The summed E-state index contributed by atoms with van der Waals surface area (Å²) in [4.78, 5) is 15.8. The third-order valence-electron chi connectivity index (χ3n) is 3.11. The van der Waals surface area contributed by atoms with Crippen molar-refractivity contribution in [2.24, 2.45) is 11.7 Å². The predicted octanol–water partition coefficient (Wildman–Crippen LogP) is 1.12. The van der Waals surface area contributed by atoms with Crippen molar-refractivity contribution in [3.63, 3.8) is 0 Å². The van der Waals surface area contributed by atoms with E-state index in [2.05, 4.69) is 6.92 Å². The van der Waals surface area contributed by atoms with Gasteiger partial charge in [0, 0.05) is 32.7 Å². The van der Waals surface area contributed by atoms with Crippen molar-refractivity contribution in [3.05, 3.63) is 0 Å². The molecule has 0 atom stereocenters. The van der Waals surface area contributed by atoms with Crippen molar-refractivity contribution in [2.45, 2.75) is 26.7 Å². The number of carbonyl (C=O) groups is 1. The number of hydrogen-bond donors (Lipinski definition) is 1. The van der Waals surface area contributed by atoms with Gasteiger partial charge >= 0.3 is 6.03 Å². The predicted molar refractivity (Wildman–Crippen MR) is 61.7 cm³/mol. The maximum atomic E-state index is 12.0. The molecule has 0 unspecified atom stereocenters. The fourth-order valence-corrected chi connectivity index (χ4v) is 1.94. The Labute approximate surface area is 92.4 Å². The first-order valence-corrected chi connectivity index (χ1v) is 5.93. The Hall–Kier alpha value is -0.770. The van der Waals surface area contributed by atoms with Gasteiger partial charge in [-0.3, -0.25) is 0 Å². The minimum absolute atomic E-state index is 0.162. The topological polar surface area (TPSA) is 49.6 Å². The summed E-state index contributed by atoms with van der Waals surface area (Å²) >= 11 is 0. The van der Waals surface area contributed by atoms with Crippen LogP contribution in [0.5, 0.6) is 0 Å². The van der Waals surface area contributed by atoms with Gasteiger partial charge in [0.2, 0.25) is 0 Å². The Morgan fingerprint density at radius 3 is 2.53 bits per heavy atom. The number of carbonyl (C=O) groups excluding carboxylic acids is 1. The molecule has 0 aromatic heterocycles. The van der Waals surface area contributed by atoms with E-state index in [1.807, 2.05) is 16.7 Å². The number of nitrogens with two attached hydrogens (primary N) is 1. The van der Waals surface area contributed by atoms with Gasteiger partial charge in [0.05, 0.1) is 0 Å². The number of piperidine rings is 1. The molecule has 1 rings (SSSR count). The van der Waals surface area contributed by atoms with Crippen molar-refractivity contribution in [1.82, 2.24) is 9.80 Å². The monoisotopic (exact) mass is 213 g/mol. The molecule has 88 valence electrons. The Morgan fingerprint density at radius 2 is 2.07 bits per heavy atom. The van der Waals surface area contributed by atoms with E-state index in [9.17, 15) is 4.79 Å². The van der Waals surface area contributed by atoms with Crippen LogP contribution in [-0.4, -0.2) is 48.6 Å². The highest BCUT2D eigenvalue weighted by atomic mass is 16.2. The highest BCUT2D eigenvalue weighted by molar-refractivity contribution is 5.74. The van der Waals surface area contributed by atoms with Gasteiger partial charge < -0.3 is 15.5 Å². The molecule has 0 aromatic carbocycles. The zero-order valence-corrected chi connectivity index (χ0v) is 9.91. The van der Waals surface area contributed by atoms with Crippen molar-refractivity contribution < 1.29 is 4.79 Å². The van der Waals surface area contributed by atoms with Gasteiger partial charge in [-0.15, -0.1) is 0 Å². The molecule has 0 spiro atoms. The molecule has 1 saturated heterocycles. The summed E-state index contributed by atoms with van der Waals surface area (Å²) in [5.41, 5.74) is 5.48. The van der Waals surface area contributed by atoms with Gasteiger partial charge in [0.15, 0.2) is 0 Å². The second-order valence-corrected chi connectivity index (χ2v) is 4.32. The van der Waals surface area contributed by atoms with Gasteiger partial charge in [-0.05, 0) is 25.7 Å². The standard InChI is InChI=1S/C11H23N3O/c1-3-13(9-6-12)11(15)14-7-4-10(2)5-8-14/h10H,3-9,12H2,1-2H3. The minimum atomic E-state index is 0.162. The van der Waals surface area contributed by atoms with E-state index in [0.29, 0.717) is 13.1 Å². The summed E-state index contributed by atoms with van der Waals surface area (Å²) in [6, 6.07) is 0.162. The molecule has 1 fully saturated rings. The normalized spacial score (nSPS) is 17.9. The van der Waals surface area contributed by atoms with Crippen LogP contribution in [0.1, 0.15) is 26.7 Å². The zero-order chi connectivity index (χ0) is 11.3. The van der Waals surface area contributed by atoms with E-state index >= 15 is 0 Å². The van der Waals surface area contributed by atoms with Crippen molar-refractivity contribution >= 4 is 6.03 Å². The van der Waals surface area contributed by atoms with Gasteiger partial charge in [-0.1, -0.05) is 6.92 Å². The summed E-state index contributed by atoms with van der Waals surface area (Å²) in [7, 11) is 0. The maximum Gasteiger partial charge on any atom is 0.320 e. The highest BCUT2D eigenvalue weighted by Gasteiger charge is 2.23. The molecule has 0 radical (unpaired) electrons. The SMILES string of the molecule is CCN(CCN)C(=O)N1CCC(C)CC1. The fraction of sp³-hybridized carbons (Fsp3) is 0.909. The second-order valence-electron chi connectivity index (χ2n) is 4.32. The lowest BCUT2D eigenvalue weighted by molar-refractivity contribution is 0.137. The third kappa shape index (κ3) is 3.38. The number of rotatable bonds is 3. The number of likely N-dealkylation sites (tertiary alicyclic amines) is 1. The van der Waals surface area contributed by atoms with Crippen LogP contribution in [0.3, 0.4) is 0 Å². The first-order valence-electron chi connectivity index (χ1n) is 5.93. The van der Waals surface area contributed by atoms with Crippen LogP contribution in [0.25, 0.3) is 0 Å². The van der Waals surface area contributed by atoms with E-state index < -0.39 is 0 Å². The lowest BCUT2D eigenvalue weighted by Crippen LogP contribution is -2.47. The lowest BCUT2D eigenvalue weighted by atomic mass is 10.00. The van der Waals surface area contributed by atoms with Crippen molar-refractivity contribution in [1.29, 1.82) is 0 Å². The molecule has 1 aliphatic rings. The summed E-state index contributed by atoms with van der Waals surface area (Å²) < 4.78 is 0. The number of hydrogen-bond acceptors (Lipinski definition) is 2. The maximum absolute atomic E-state index is 12.0. The van der Waals surface area contributed by atoms with E-state index in [4.69, 9.17) is 5.73 Å². The number of nitrogens with zero attached hydrogens (tertiary/aromatic N) is 2. The number of urea groups is 1. The van der Waals surface area contributed by atoms with Crippen LogP contribution >= 0.6 is 0 Å². The third-order valence-corrected chi connectivity index (χ3v) is 3.11. The van der Waals surface area contributed by atoms with Crippen molar-refractivity contribution in [3.8, 4) is 0 Å². The Kier molecular flexibility index (Phi) is 4.88. The molecule has 0 aromatic rings. The average Bonchev–Trinajstić information content (AvgIpc) is 2.26. The van der Waals surface area contributed by atoms with E-state index in [1.54, 1.807) is 0 Å². The molecular weight excluding hydrogens is 190 g/mol. The van der Waals surface area contributed by atoms with Crippen LogP contribution < -0.4 is 5.73 Å². The van der Waals surface area contributed by atoms with Crippen molar-refractivity contribution in [2.75, 3.05) is 32.7 Å². The summed E-state index contributed by atoms with van der Waals surface area (Å²) in [5, 5.41) is 0. The molecule has 1 heterocycles. The van der Waals surface area contributed by atoms with Gasteiger partial charge in [0.25, 0.3) is 0 Å². The lowest BCUT2D eigenvalue weighted by Gasteiger charge is -2.34. The van der Waals surface area contributed by atoms with Crippen LogP contribution in [0.4, 0.5) is 4.79 Å². The molecule has 0 bridgehead atoms. The molecule has 4 heteroatoms. The van der Waals surface area contributed by atoms with E-state index in [-0.39, 0.29) is 6.03 Å². The van der Waals surface area contributed by atoms with Gasteiger partial charge in [-0.25, -0.2) is 4.79 Å². The fourth-order valence-electron chi connectivity index (χ4n) is 1.94. The zero-order valence-electron chi connectivity index (χ0n) is 9.91. The first kappa shape index (κ1) is 12.3. The van der Waals surface area contributed by atoms with E-state index in [1.165, 1.54) is 0 Å². The molecular formula is C11H23N3O. The number of amides is 2. The highest BCUT2D eigenvalue weighted by Crippen LogP contribution is 2.17. The second kappa shape index (κ2) is 5.95. The summed E-state index contributed by atoms with van der Waals surface area (Å²) in [6.45, 7) is 8.02. The van der Waals surface area contributed by atoms with Gasteiger partial charge in [0.1, 0.15) is 0 Å². The Bertz CT molecular complexity index is 200. The van der Waals surface area contributed by atoms with Crippen LogP contribution in [0.15, 0.2) is 0 Å². The Balaban J connectivity index is 2.44. The smallest absolute Gasteiger partial charge is 0.320 e. The number of likely N-dealkylation sites (N-methyl/N-ethyl adjacent to an activating group) is 1. The molecule has 15 heavy (non-hydrogen) atoms. The molecule has 0 aliphatic carbocycles.